The molecule has 1 saturated heterocycles. The normalized spacial score (nSPS) is 20.1. The van der Waals surface area contributed by atoms with Crippen LogP contribution >= 0.6 is 0 Å². The summed E-state index contributed by atoms with van der Waals surface area (Å²) in [5.41, 5.74) is 4.03. The highest BCUT2D eigenvalue weighted by atomic mass is 16.2. The number of nitrogens with zero attached hydrogens (tertiary/aromatic N) is 5. The number of aromatic amines is 1. The maximum atomic E-state index is 13.1. The van der Waals surface area contributed by atoms with E-state index >= 15 is 0 Å². The first kappa shape index (κ1) is 18.2. The zero-order valence-electron chi connectivity index (χ0n) is 16.4. The van der Waals surface area contributed by atoms with E-state index < -0.39 is 0 Å². The topological polar surface area (TPSA) is 79.7 Å². The van der Waals surface area contributed by atoms with Gasteiger partial charge in [-0.05, 0) is 56.8 Å². The highest BCUT2D eigenvalue weighted by molar-refractivity contribution is 5.94. The minimum absolute atomic E-state index is 0.0955. The number of hydrogen-bond donors (Lipinski definition) is 1. The Bertz CT molecular complexity index is 792. The minimum atomic E-state index is 0.0955. The van der Waals surface area contributed by atoms with Crippen molar-refractivity contribution in [2.24, 2.45) is 11.8 Å². The molecule has 0 bridgehead atoms. The molecule has 0 unspecified atom stereocenters. The molecular formula is C20H30N6O. The summed E-state index contributed by atoms with van der Waals surface area (Å²) in [6.07, 6.45) is 9.51. The molecule has 0 spiro atoms. The summed E-state index contributed by atoms with van der Waals surface area (Å²) >= 11 is 0. The summed E-state index contributed by atoms with van der Waals surface area (Å²) < 4.78 is 1.95. The Hall–Kier alpha value is -2.18. The van der Waals surface area contributed by atoms with Gasteiger partial charge in [0.15, 0.2) is 5.69 Å². The van der Waals surface area contributed by atoms with Crippen LogP contribution in [0.2, 0.25) is 0 Å². The van der Waals surface area contributed by atoms with Crippen molar-refractivity contribution >= 4 is 5.91 Å². The molecule has 1 amide bonds. The van der Waals surface area contributed by atoms with E-state index in [1.807, 2.05) is 9.58 Å². The molecule has 4 rings (SSSR count). The molecule has 1 N–H and O–H groups in total. The lowest BCUT2D eigenvalue weighted by Crippen LogP contribution is -2.41. The van der Waals surface area contributed by atoms with Crippen LogP contribution in [0, 0.1) is 11.8 Å². The maximum absolute atomic E-state index is 13.1. The van der Waals surface area contributed by atoms with Crippen molar-refractivity contribution < 1.29 is 4.79 Å². The number of rotatable bonds is 5. The van der Waals surface area contributed by atoms with Gasteiger partial charge in [-0.25, -0.2) is 0 Å². The first-order valence-electron chi connectivity index (χ1n) is 10.3. The Morgan fingerprint density at radius 1 is 1.30 bits per heavy atom. The van der Waals surface area contributed by atoms with Crippen molar-refractivity contribution in [1.29, 1.82) is 0 Å². The Kier molecular flexibility index (Phi) is 5.27. The van der Waals surface area contributed by atoms with Gasteiger partial charge in [-0.1, -0.05) is 19.1 Å². The van der Waals surface area contributed by atoms with Gasteiger partial charge in [0.25, 0.3) is 5.91 Å². The predicted molar refractivity (Wildman–Crippen MR) is 102 cm³/mol. The molecule has 0 radical (unpaired) electrons. The summed E-state index contributed by atoms with van der Waals surface area (Å²) in [6, 6.07) is 0. The van der Waals surface area contributed by atoms with Crippen molar-refractivity contribution in [2.75, 3.05) is 13.1 Å². The number of amides is 1. The van der Waals surface area contributed by atoms with Crippen LogP contribution in [-0.2, 0) is 25.8 Å². The van der Waals surface area contributed by atoms with Crippen LogP contribution in [0.5, 0.6) is 0 Å². The second-order valence-corrected chi connectivity index (χ2v) is 8.53. The number of H-pyrrole nitrogens is 1. The van der Waals surface area contributed by atoms with E-state index in [1.165, 1.54) is 12.1 Å². The number of nitrogens with one attached hydrogen (secondary N) is 1. The first-order valence-corrected chi connectivity index (χ1v) is 10.3. The third-order valence-corrected chi connectivity index (χ3v) is 5.71. The summed E-state index contributed by atoms with van der Waals surface area (Å²) in [7, 11) is 0. The van der Waals surface area contributed by atoms with Gasteiger partial charge in [-0.15, -0.1) is 5.10 Å². The Labute approximate surface area is 160 Å². The molecule has 0 aromatic carbocycles. The molecule has 2 aromatic rings. The van der Waals surface area contributed by atoms with Crippen LogP contribution in [0.4, 0.5) is 0 Å². The van der Waals surface area contributed by atoms with E-state index in [-0.39, 0.29) is 5.91 Å². The summed E-state index contributed by atoms with van der Waals surface area (Å²) in [4.78, 5) is 15.1. The monoisotopic (exact) mass is 370 g/mol. The standard InChI is InChI=1S/C20H30N6O/c1-14(2)10-16-13-26(24-21-16)12-15-6-5-9-25(11-15)20(27)19-17-7-3-4-8-18(17)22-23-19/h13-15H,3-12H2,1-2H3,(H,22,23)/t15-/m0/s1. The molecule has 1 atom stereocenters. The zero-order chi connectivity index (χ0) is 18.8. The lowest BCUT2D eigenvalue weighted by molar-refractivity contribution is 0.0652. The second-order valence-electron chi connectivity index (χ2n) is 8.53. The number of carbonyl (C=O) groups is 1. The van der Waals surface area contributed by atoms with Gasteiger partial charge in [0, 0.05) is 37.1 Å². The molecule has 1 fully saturated rings. The average molecular weight is 371 g/mol. The Balaban J connectivity index is 1.40. The van der Waals surface area contributed by atoms with Crippen LogP contribution in [0.3, 0.4) is 0 Å². The third kappa shape index (κ3) is 4.06. The fraction of sp³-hybridized carbons (Fsp3) is 0.700. The highest BCUT2D eigenvalue weighted by Gasteiger charge is 2.29. The van der Waals surface area contributed by atoms with Crippen molar-refractivity contribution in [3.63, 3.8) is 0 Å². The van der Waals surface area contributed by atoms with Crippen LogP contribution in [0.1, 0.15) is 67.0 Å². The van der Waals surface area contributed by atoms with E-state index in [9.17, 15) is 4.79 Å². The van der Waals surface area contributed by atoms with Crippen LogP contribution < -0.4 is 0 Å². The molecule has 0 saturated carbocycles. The molecule has 146 valence electrons. The smallest absolute Gasteiger partial charge is 0.274 e. The average Bonchev–Trinajstić information content (AvgIpc) is 3.27. The van der Waals surface area contributed by atoms with Crippen molar-refractivity contribution in [1.82, 2.24) is 30.1 Å². The quantitative estimate of drug-likeness (QED) is 0.877. The molecule has 2 aliphatic rings. The number of aryl methyl sites for hydroxylation is 1. The third-order valence-electron chi connectivity index (χ3n) is 5.71. The fourth-order valence-electron chi connectivity index (χ4n) is 4.41. The van der Waals surface area contributed by atoms with Gasteiger partial charge in [0.1, 0.15) is 0 Å². The van der Waals surface area contributed by atoms with Gasteiger partial charge >= 0.3 is 0 Å². The molecule has 27 heavy (non-hydrogen) atoms. The van der Waals surface area contributed by atoms with Gasteiger partial charge in [-0.3, -0.25) is 14.6 Å². The second kappa shape index (κ2) is 7.82. The molecule has 7 heteroatoms. The van der Waals surface area contributed by atoms with Crippen LogP contribution in [0.25, 0.3) is 0 Å². The lowest BCUT2D eigenvalue weighted by atomic mass is 9.94. The maximum Gasteiger partial charge on any atom is 0.274 e. The van der Waals surface area contributed by atoms with Gasteiger partial charge in [-0.2, -0.15) is 5.10 Å². The first-order chi connectivity index (χ1) is 13.1. The number of fused-ring (bicyclic) bond motifs is 1. The molecule has 2 aromatic heterocycles. The number of likely N-dealkylation sites (tertiary alicyclic amines) is 1. The SMILES string of the molecule is CC(C)Cc1cn(C[C@H]2CCCN(C(=O)c3n[nH]c4c3CCCC4)C2)nn1. The molecule has 1 aliphatic heterocycles. The van der Waals surface area contributed by atoms with Gasteiger partial charge < -0.3 is 4.90 Å². The van der Waals surface area contributed by atoms with E-state index in [0.29, 0.717) is 17.5 Å². The van der Waals surface area contributed by atoms with Crippen molar-refractivity contribution in [3.8, 4) is 0 Å². The molecule has 1 aliphatic carbocycles. The van der Waals surface area contributed by atoms with Crippen LogP contribution in [-0.4, -0.2) is 49.1 Å². The lowest BCUT2D eigenvalue weighted by Gasteiger charge is -2.32. The number of aromatic nitrogens is 5. The number of hydrogen-bond acceptors (Lipinski definition) is 4. The minimum Gasteiger partial charge on any atom is -0.337 e. The van der Waals surface area contributed by atoms with E-state index in [1.54, 1.807) is 0 Å². The van der Waals surface area contributed by atoms with Crippen LogP contribution in [0.15, 0.2) is 6.20 Å². The highest BCUT2D eigenvalue weighted by Crippen LogP contribution is 2.25. The fourth-order valence-corrected chi connectivity index (χ4v) is 4.41. The summed E-state index contributed by atoms with van der Waals surface area (Å²) in [5.74, 6) is 1.10. The van der Waals surface area contributed by atoms with Crippen molar-refractivity contribution in [2.45, 2.75) is 65.3 Å². The largest absolute Gasteiger partial charge is 0.337 e. The molecule has 7 nitrogen and oxygen atoms in total. The summed E-state index contributed by atoms with van der Waals surface area (Å²) in [6.45, 7) is 6.81. The molecular weight excluding hydrogens is 340 g/mol. The summed E-state index contributed by atoms with van der Waals surface area (Å²) in [5, 5.41) is 16.0. The van der Waals surface area contributed by atoms with Crippen molar-refractivity contribution in [3.05, 3.63) is 28.8 Å². The number of piperidine rings is 1. The zero-order valence-corrected chi connectivity index (χ0v) is 16.4. The Morgan fingerprint density at radius 2 is 2.15 bits per heavy atom. The molecule has 3 heterocycles. The van der Waals surface area contributed by atoms with E-state index in [4.69, 9.17) is 0 Å². The number of carbonyl (C=O) groups excluding carboxylic acids is 1. The van der Waals surface area contributed by atoms with E-state index in [2.05, 4.69) is 40.6 Å². The predicted octanol–water partition coefficient (Wildman–Crippen LogP) is 2.63. The Morgan fingerprint density at radius 3 is 3.00 bits per heavy atom. The van der Waals surface area contributed by atoms with E-state index in [0.717, 1.165) is 69.4 Å². The van der Waals surface area contributed by atoms with Gasteiger partial charge in [0.05, 0.1) is 5.69 Å². The van der Waals surface area contributed by atoms with Gasteiger partial charge in [0.2, 0.25) is 0 Å².